The Labute approximate surface area is 107 Å². The van der Waals surface area contributed by atoms with Gasteiger partial charge in [-0.25, -0.2) is 0 Å². The molecule has 0 radical (unpaired) electrons. The molecule has 0 unspecified atom stereocenters. The van der Waals surface area contributed by atoms with E-state index in [9.17, 15) is 0 Å². The molecule has 0 fully saturated rings. The van der Waals surface area contributed by atoms with Gasteiger partial charge < -0.3 is 12.6 Å². The summed E-state index contributed by atoms with van der Waals surface area (Å²) in [6, 6.07) is 0. The third-order valence-electron chi connectivity index (χ3n) is 1.25. The van der Waals surface area contributed by atoms with Crippen LogP contribution in [0.5, 0.6) is 0 Å². The van der Waals surface area contributed by atoms with Gasteiger partial charge in [0, 0.05) is 0 Å². The van der Waals surface area contributed by atoms with Crippen LogP contribution in [0.25, 0.3) is 0 Å². The standard InChI is InChI=1S/C7H16S.K/c1-2-3-4-5-6-7-8;/h8H,2-7H2,1H3;/q;+1/p-1. The van der Waals surface area contributed by atoms with Gasteiger partial charge in [-0.2, -0.15) is 5.75 Å². The molecule has 0 aromatic rings. The van der Waals surface area contributed by atoms with Gasteiger partial charge >= 0.3 is 51.4 Å². The van der Waals surface area contributed by atoms with Crippen molar-refractivity contribution in [1.82, 2.24) is 0 Å². The van der Waals surface area contributed by atoms with Crippen LogP contribution in [-0.2, 0) is 12.6 Å². The Balaban J connectivity index is 0. The summed E-state index contributed by atoms with van der Waals surface area (Å²) in [5, 5.41) is 0. The van der Waals surface area contributed by atoms with Crippen molar-refractivity contribution in [3.05, 3.63) is 0 Å². The van der Waals surface area contributed by atoms with Gasteiger partial charge in [0.05, 0.1) is 0 Å². The van der Waals surface area contributed by atoms with Gasteiger partial charge in [0.1, 0.15) is 0 Å². The molecular weight excluding hydrogens is 155 g/mol. The first-order chi connectivity index (χ1) is 3.91. The average molecular weight is 170 g/mol. The summed E-state index contributed by atoms with van der Waals surface area (Å²) in [5.74, 6) is 0.948. The molecule has 0 spiro atoms. The molecule has 0 N–H and O–H groups in total. The van der Waals surface area contributed by atoms with Crippen LogP contribution in [0.4, 0.5) is 0 Å². The Morgan fingerprint density at radius 1 is 1.00 bits per heavy atom. The molecule has 0 aliphatic carbocycles. The van der Waals surface area contributed by atoms with E-state index in [0.29, 0.717) is 0 Å². The summed E-state index contributed by atoms with van der Waals surface area (Å²) in [4.78, 5) is 0. The van der Waals surface area contributed by atoms with E-state index in [0.717, 1.165) is 5.75 Å². The zero-order valence-corrected chi connectivity index (χ0v) is 10.6. The van der Waals surface area contributed by atoms with E-state index in [1.165, 1.54) is 32.1 Å². The van der Waals surface area contributed by atoms with Crippen LogP contribution in [-0.4, -0.2) is 5.75 Å². The summed E-state index contributed by atoms with van der Waals surface area (Å²) >= 11 is 4.80. The molecule has 0 saturated heterocycles. The minimum Gasteiger partial charge on any atom is -0.793 e. The topological polar surface area (TPSA) is 0 Å². The van der Waals surface area contributed by atoms with Crippen molar-refractivity contribution < 1.29 is 51.4 Å². The molecule has 0 aliphatic rings. The Bertz CT molecular complexity index is 33.9. The van der Waals surface area contributed by atoms with Crippen LogP contribution in [0.2, 0.25) is 0 Å². The van der Waals surface area contributed by atoms with E-state index in [1.807, 2.05) is 0 Å². The molecular formula is C7H15KS. The predicted molar refractivity (Wildman–Crippen MR) is 41.0 cm³/mol. The molecule has 0 amide bonds. The van der Waals surface area contributed by atoms with Crippen molar-refractivity contribution in [2.45, 2.75) is 39.0 Å². The zero-order valence-electron chi connectivity index (χ0n) is 6.65. The predicted octanol–water partition coefficient (Wildman–Crippen LogP) is -0.492. The van der Waals surface area contributed by atoms with Crippen LogP contribution in [0.15, 0.2) is 0 Å². The Hall–Kier alpha value is 1.99. The second-order valence-electron chi connectivity index (χ2n) is 2.12. The molecule has 0 heterocycles. The molecule has 0 aromatic carbocycles. The molecule has 50 valence electrons. The van der Waals surface area contributed by atoms with Crippen molar-refractivity contribution >= 4 is 12.6 Å². The zero-order chi connectivity index (χ0) is 6.24. The minimum absolute atomic E-state index is 0. The van der Waals surface area contributed by atoms with Gasteiger partial charge in [-0.15, -0.1) is 0 Å². The maximum atomic E-state index is 4.80. The quantitative estimate of drug-likeness (QED) is 0.305. The minimum atomic E-state index is 0. The first kappa shape index (κ1) is 13.6. The van der Waals surface area contributed by atoms with E-state index in [4.69, 9.17) is 12.6 Å². The van der Waals surface area contributed by atoms with E-state index in [-0.39, 0.29) is 51.4 Å². The number of unbranched alkanes of at least 4 members (excludes halogenated alkanes) is 4. The van der Waals surface area contributed by atoms with Crippen molar-refractivity contribution in [1.29, 1.82) is 0 Å². The molecule has 0 atom stereocenters. The van der Waals surface area contributed by atoms with Crippen LogP contribution in [0.1, 0.15) is 39.0 Å². The van der Waals surface area contributed by atoms with Crippen LogP contribution < -0.4 is 51.4 Å². The Kier molecular flexibility index (Phi) is 19.1. The Morgan fingerprint density at radius 2 is 1.56 bits per heavy atom. The van der Waals surface area contributed by atoms with E-state index < -0.39 is 0 Å². The second kappa shape index (κ2) is 12.6. The first-order valence-electron chi connectivity index (χ1n) is 3.50. The largest absolute Gasteiger partial charge is 1.00 e. The Morgan fingerprint density at radius 3 is 2.00 bits per heavy atom. The summed E-state index contributed by atoms with van der Waals surface area (Å²) in [6.45, 7) is 2.23. The monoisotopic (exact) mass is 170 g/mol. The van der Waals surface area contributed by atoms with Crippen LogP contribution >= 0.6 is 0 Å². The van der Waals surface area contributed by atoms with Gasteiger partial charge in [0.25, 0.3) is 0 Å². The summed E-state index contributed by atoms with van der Waals surface area (Å²) in [7, 11) is 0. The molecule has 0 saturated carbocycles. The van der Waals surface area contributed by atoms with Crippen molar-refractivity contribution in [3.8, 4) is 0 Å². The fraction of sp³-hybridized carbons (Fsp3) is 1.00. The van der Waals surface area contributed by atoms with E-state index in [2.05, 4.69) is 6.92 Å². The van der Waals surface area contributed by atoms with Gasteiger partial charge in [-0.1, -0.05) is 39.0 Å². The number of hydrogen-bond donors (Lipinski definition) is 0. The smallest absolute Gasteiger partial charge is 0.793 e. The van der Waals surface area contributed by atoms with Crippen molar-refractivity contribution in [2.24, 2.45) is 0 Å². The fourth-order valence-corrected chi connectivity index (χ4v) is 0.910. The number of rotatable bonds is 5. The second-order valence-corrected chi connectivity index (χ2v) is 2.53. The molecule has 2 heteroatoms. The fourth-order valence-electron chi connectivity index (χ4n) is 0.706. The molecule has 0 bridgehead atoms. The van der Waals surface area contributed by atoms with Gasteiger partial charge in [0.15, 0.2) is 0 Å². The summed E-state index contributed by atoms with van der Waals surface area (Å²) in [5.41, 5.74) is 0. The van der Waals surface area contributed by atoms with Crippen LogP contribution in [0.3, 0.4) is 0 Å². The van der Waals surface area contributed by atoms with Gasteiger partial charge in [0.2, 0.25) is 0 Å². The molecule has 0 rings (SSSR count). The van der Waals surface area contributed by atoms with Crippen molar-refractivity contribution in [2.75, 3.05) is 5.75 Å². The molecule has 9 heavy (non-hydrogen) atoms. The summed E-state index contributed by atoms with van der Waals surface area (Å²) in [6.07, 6.45) is 6.69. The molecule has 0 aliphatic heterocycles. The first-order valence-corrected chi connectivity index (χ1v) is 4.07. The normalized spacial score (nSPS) is 8.67. The molecule has 0 nitrogen and oxygen atoms in total. The van der Waals surface area contributed by atoms with Gasteiger partial charge in [-0.3, -0.25) is 0 Å². The molecule has 0 aromatic heterocycles. The maximum absolute atomic E-state index is 4.80. The van der Waals surface area contributed by atoms with Crippen molar-refractivity contribution in [3.63, 3.8) is 0 Å². The SMILES string of the molecule is CCCCCCC[S-].[K+]. The third kappa shape index (κ3) is 13.0. The van der Waals surface area contributed by atoms with E-state index >= 15 is 0 Å². The third-order valence-corrected chi connectivity index (χ3v) is 1.54. The summed E-state index contributed by atoms with van der Waals surface area (Å²) < 4.78 is 0. The van der Waals surface area contributed by atoms with E-state index in [1.54, 1.807) is 0 Å². The average Bonchev–Trinajstić information content (AvgIpc) is 1.81. The van der Waals surface area contributed by atoms with Gasteiger partial charge in [-0.05, 0) is 0 Å². The van der Waals surface area contributed by atoms with Crippen LogP contribution in [0, 0.1) is 0 Å². The number of hydrogen-bond acceptors (Lipinski definition) is 1. The maximum Gasteiger partial charge on any atom is 1.00 e.